The normalized spacial score (nSPS) is 10.7. The van der Waals surface area contributed by atoms with E-state index >= 15 is 0 Å². The Morgan fingerprint density at radius 2 is 2.17 bits per heavy atom. The minimum atomic E-state index is -2.50. The zero-order chi connectivity index (χ0) is 8.97. The van der Waals surface area contributed by atoms with Gasteiger partial charge in [-0.2, -0.15) is 0 Å². The van der Waals surface area contributed by atoms with E-state index in [1.54, 1.807) is 12.1 Å². The second-order valence-corrected chi connectivity index (χ2v) is 2.39. The van der Waals surface area contributed by atoms with E-state index in [-0.39, 0.29) is 5.69 Å². The fourth-order valence-electron chi connectivity index (χ4n) is 0.907. The lowest BCUT2D eigenvalue weighted by molar-refractivity contribution is 0.146. The number of pyridine rings is 1. The molecule has 0 aromatic carbocycles. The van der Waals surface area contributed by atoms with Gasteiger partial charge in [0.2, 0.25) is 0 Å². The third-order valence-corrected chi connectivity index (χ3v) is 1.45. The van der Waals surface area contributed by atoms with Crippen LogP contribution in [0.25, 0.3) is 0 Å². The molecule has 66 valence electrons. The first-order valence-corrected chi connectivity index (χ1v) is 3.68. The van der Waals surface area contributed by atoms with E-state index in [9.17, 15) is 8.78 Å². The summed E-state index contributed by atoms with van der Waals surface area (Å²) in [5.74, 6) is 0. The number of nitrogens with zero attached hydrogens (tertiary/aromatic N) is 1. The Balaban J connectivity index is 2.81. The quantitative estimate of drug-likeness (QED) is 0.750. The maximum Gasteiger partial charge on any atom is 0.280 e. The number of halogens is 2. The first kappa shape index (κ1) is 9.06. The van der Waals surface area contributed by atoms with E-state index in [2.05, 4.69) is 4.98 Å². The van der Waals surface area contributed by atoms with Crippen LogP contribution in [0.5, 0.6) is 0 Å². The Labute approximate surface area is 69.4 Å². The molecule has 0 unspecified atom stereocenters. The van der Waals surface area contributed by atoms with Crippen LogP contribution in [0.15, 0.2) is 18.2 Å². The Kier molecular flexibility index (Phi) is 3.10. The number of hydrogen-bond acceptors (Lipinski definition) is 2. The minimum absolute atomic E-state index is 0.180. The van der Waals surface area contributed by atoms with Crippen LogP contribution in [0.1, 0.15) is 17.8 Å². The highest BCUT2D eigenvalue weighted by atomic mass is 19.3. The smallest absolute Gasteiger partial charge is 0.280 e. The van der Waals surface area contributed by atoms with Gasteiger partial charge < -0.3 is 5.73 Å². The lowest BCUT2D eigenvalue weighted by Gasteiger charge is -2.01. The second-order valence-electron chi connectivity index (χ2n) is 2.39. The number of hydrogen-bond donors (Lipinski definition) is 1. The summed E-state index contributed by atoms with van der Waals surface area (Å²) in [7, 11) is 0. The largest absolute Gasteiger partial charge is 0.330 e. The van der Waals surface area contributed by atoms with Crippen molar-refractivity contribution in [3.05, 3.63) is 29.6 Å². The molecule has 12 heavy (non-hydrogen) atoms. The zero-order valence-corrected chi connectivity index (χ0v) is 6.50. The van der Waals surface area contributed by atoms with Crippen molar-refractivity contribution in [3.8, 4) is 0 Å². The van der Waals surface area contributed by atoms with Gasteiger partial charge in [-0.15, -0.1) is 0 Å². The van der Waals surface area contributed by atoms with Crippen LogP contribution >= 0.6 is 0 Å². The van der Waals surface area contributed by atoms with E-state index < -0.39 is 6.43 Å². The van der Waals surface area contributed by atoms with Gasteiger partial charge in [0, 0.05) is 12.1 Å². The molecule has 0 bridgehead atoms. The van der Waals surface area contributed by atoms with Crippen molar-refractivity contribution in [1.82, 2.24) is 4.98 Å². The summed E-state index contributed by atoms with van der Waals surface area (Å²) < 4.78 is 24.2. The Hall–Kier alpha value is -1.03. The maximum atomic E-state index is 12.1. The first-order valence-electron chi connectivity index (χ1n) is 3.68. The van der Waals surface area contributed by atoms with Crippen LogP contribution in [0.4, 0.5) is 8.78 Å². The summed E-state index contributed by atoms with van der Waals surface area (Å²) in [4.78, 5) is 3.73. The summed E-state index contributed by atoms with van der Waals surface area (Å²) in [5, 5.41) is 0. The number of alkyl halides is 2. The molecule has 1 rings (SSSR count). The summed E-state index contributed by atoms with van der Waals surface area (Å²) in [6.07, 6.45) is -1.96. The van der Waals surface area contributed by atoms with E-state index in [1.807, 2.05) is 0 Å². The minimum Gasteiger partial charge on any atom is -0.330 e. The maximum absolute atomic E-state index is 12.1. The van der Waals surface area contributed by atoms with Gasteiger partial charge in [-0.25, -0.2) is 8.78 Å². The zero-order valence-electron chi connectivity index (χ0n) is 6.50. The molecule has 1 aromatic heterocycles. The molecule has 0 aliphatic carbocycles. The third-order valence-electron chi connectivity index (χ3n) is 1.45. The van der Waals surface area contributed by atoms with Crippen LogP contribution in [0.2, 0.25) is 0 Å². The van der Waals surface area contributed by atoms with Gasteiger partial charge in [-0.05, 0) is 18.7 Å². The van der Waals surface area contributed by atoms with Gasteiger partial charge in [0.25, 0.3) is 6.43 Å². The fourth-order valence-corrected chi connectivity index (χ4v) is 0.907. The van der Waals surface area contributed by atoms with E-state index in [1.165, 1.54) is 6.07 Å². The van der Waals surface area contributed by atoms with Crippen molar-refractivity contribution < 1.29 is 8.78 Å². The molecule has 2 N–H and O–H groups in total. The molecule has 0 aliphatic heterocycles. The van der Waals surface area contributed by atoms with Crippen molar-refractivity contribution in [2.24, 2.45) is 5.73 Å². The molecule has 0 aliphatic rings. The van der Waals surface area contributed by atoms with Gasteiger partial charge in [0.15, 0.2) is 0 Å². The molecule has 0 fully saturated rings. The number of nitrogens with two attached hydrogens (primary N) is 1. The summed E-state index contributed by atoms with van der Waals surface area (Å²) in [5.41, 5.74) is 5.70. The van der Waals surface area contributed by atoms with Crippen molar-refractivity contribution in [2.45, 2.75) is 12.8 Å². The van der Waals surface area contributed by atoms with Crippen molar-refractivity contribution in [2.75, 3.05) is 6.54 Å². The van der Waals surface area contributed by atoms with Crippen molar-refractivity contribution >= 4 is 0 Å². The molecule has 0 atom stereocenters. The molecule has 0 radical (unpaired) electrons. The van der Waals surface area contributed by atoms with Gasteiger partial charge in [0.1, 0.15) is 5.69 Å². The fraction of sp³-hybridized carbons (Fsp3) is 0.375. The monoisotopic (exact) mass is 172 g/mol. The Morgan fingerprint density at radius 1 is 1.42 bits per heavy atom. The van der Waals surface area contributed by atoms with Crippen molar-refractivity contribution in [3.63, 3.8) is 0 Å². The van der Waals surface area contributed by atoms with Crippen LogP contribution < -0.4 is 5.73 Å². The summed E-state index contributed by atoms with van der Waals surface area (Å²) in [6.45, 7) is 0.430. The highest BCUT2D eigenvalue weighted by Gasteiger charge is 2.07. The highest BCUT2D eigenvalue weighted by Crippen LogP contribution is 2.15. The standard InChI is InChI=1S/C8H10F2N2/c9-8(10)7-3-1-2-6(12-7)4-5-11/h1-3,8H,4-5,11H2. The second kappa shape index (κ2) is 4.11. The molecule has 4 heteroatoms. The molecular weight excluding hydrogens is 162 g/mol. The lowest BCUT2D eigenvalue weighted by Crippen LogP contribution is -2.05. The molecule has 2 nitrogen and oxygen atoms in total. The average Bonchev–Trinajstić information content (AvgIpc) is 2.05. The van der Waals surface area contributed by atoms with E-state index in [4.69, 9.17) is 5.73 Å². The predicted molar refractivity (Wildman–Crippen MR) is 42.0 cm³/mol. The third kappa shape index (κ3) is 2.23. The first-order chi connectivity index (χ1) is 5.74. The molecule has 0 saturated heterocycles. The lowest BCUT2D eigenvalue weighted by atomic mass is 10.2. The van der Waals surface area contributed by atoms with E-state index in [0.717, 1.165) is 0 Å². The molecule has 0 amide bonds. The van der Waals surface area contributed by atoms with Crippen LogP contribution in [-0.4, -0.2) is 11.5 Å². The highest BCUT2D eigenvalue weighted by molar-refractivity contribution is 5.12. The van der Waals surface area contributed by atoms with Gasteiger partial charge in [0.05, 0.1) is 0 Å². The summed E-state index contributed by atoms with van der Waals surface area (Å²) >= 11 is 0. The van der Waals surface area contributed by atoms with Crippen molar-refractivity contribution in [1.29, 1.82) is 0 Å². The van der Waals surface area contributed by atoms with Crippen LogP contribution in [-0.2, 0) is 6.42 Å². The predicted octanol–water partition coefficient (Wildman–Crippen LogP) is 1.52. The topological polar surface area (TPSA) is 38.9 Å². The summed E-state index contributed by atoms with van der Waals surface area (Å²) in [6, 6.07) is 4.57. The van der Waals surface area contributed by atoms with Gasteiger partial charge in [-0.3, -0.25) is 4.98 Å². The average molecular weight is 172 g/mol. The number of aromatic nitrogens is 1. The van der Waals surface area contributed by atoms with Gasteiger partial charge in [-0.1, -0.05) is 6.07 Å². The molecule has 0 spiro atoms. The molecular formula is C8H10F2N2. The SMILES string of the molecule is NCCc1cccc(C(F)F)n1. The van der Waals surface area contributed by atoms with Gasteiger partial charge >= 0.3 is 0 Å². The van der Waals surface area contributed by atoms with E-state index in [0.29, 0.717) is 18.7 Å². The Morgan fingerprint density at radius 3 is 2.75 bits per heavy atom. The molecule has 1 aromatic rings. The van der Waals surface area contributed by atoms with Crippen LogP contribution in [0, 0.1) is 0 Å². The molecule has 1 heterocycles. The number of rotatable bonds is 3. The molecule has 0 saturated carbocycles. The Bertz CT molecular complexity index is 251. The van der Waals surface area contributed by atoms with Crippen LogP contribution in [0.3, 0.4) is 0 Å².